The minimum Gasteiger partial charge on any atom is -0.382 e. The highest BCUT2D eigenvalue weighted by Gasteiger charge is 2.24. The number of nitrogens with zero attached hydrogens (tertiary/aromatic N) is 1. The Balaban J connectivity index is 1.36. The zero-order chi connectivity index (χ0) is 19.9. The van der Waals surface area contributed by atoms with Crippen LogP contribution in [0.2, 0.25) is 0 Å². The maximum absolute atomic E-state index is 12.5. The van der Waals surface area contributed by atoms with E-state index in [1.165, 1.54) is 5.56 Å². The van der Waals surface area contributed by atoms with E-state index in [0.717, 1.165) is 24.1 Å². The lowest BCUT2D eigenvalue weighted by molar-refractivity contribution is 0.00979. The third kappa shape index (κ3) is 5.21. The summed E-state index contributed by atoms with van der Waals surface area (Å²) in [5.41, 5.74) is 3.58. The Morgan fingerprint density at radius 2 is 1.79 bits per heavy atom. The summed E-state index contributed by atoms with van der Waals surface area (Å²) in [7, 11) is 0. The van der Waals surface area contributed by atoms with Gasteiger partial charge in [0.15, 0.2) is 0 Å². The summed E-state index contributed by atoms with van der Waals surface area (Å²) in [5, 5.41) is 6.48. The van der Waals surface area contributed by atoms with Crippen LogP contribution >= 0.6 is 0 Å². The molecule has 5 heteroatoms. The maximum Gasteiger partial charge on any atom is 0.270 e. The molecule has 0 radical (unpaired) electrons. The quantitative estimate of drug-likeness (QED) is 0.660. The van der Waals surface area contributed by atoms with E-state index in [-0.39, 0.29) is 18.1 Å². The average Bonchev–Trinajstić information content (AvgIpc) is 2.79. The van der Waals surface area contributed by atoms with E-state index in [1.54, 1.807) is 6.20 Å². The highest BCUT2D eigenvalue weighted by Crippen LogP contribution is 2.29. The molecule has 5 nitrogen and oxygen atoms in total. The van der Waals surface area contributed by atoms with E-state index in [1.807, 2.05) is 60.7 Å². The van der Waals surface area contributed by atoms with Crippen LogP contribution in [0.3, 0.4) is 0 Å². The van der Waals surface area contributed by atoms with Gasteiger partial charge in [-0.1, -0.05) is 60.7 Å². The molecule has 0 bridgehead atoms. The van der Waals surface area contributed by atoms with Gasteiger partial charge in [-0.15, -0.1) is 0 Å². The van der Waals surface area contributed by atoms with Gasteiger partial charge in [-0.25, -0.2) is 0 Å². The number of benzene rings is 2. The molecule has 1 saturated heterocycles. The van der Waals surface area contributed by atoms with Crippen LogP contribution in [-0.4, -0.2) is 23.5 Å². The van der Waals surface area contributed by atoms with E-state index in [4.69, 9.17) is 4.74 Å². The van der Waals surface area contributed by atoms with Gasteiger partial charge in [0, 0.05) is 31.1 Å². The van der Waals surface area contributed by atoms with Gasteiger partial charge in [-0.2, -0.15) is 0 Å². The molecule has 2 unspecified atom stereocenters. The Hall–Kier alpha value is -3.18. The van der Waals surface area contributed by atoms with Crippen molar-refractivity contribution in [2.24, 2.45) is 0 Å². The van der Waals surface area contributed by atoms with Crippen LogP contribution in [0.1, 0.15) is 40.6 Å². The van der Waals surface area contributed by atoms with Crippen LogP contribution in [0.5, 0.6) is 0 Å². The summed E-state index contributed by atoms with van der Waals surface area (Å²) < 4.78 is 5.95. The molecular weight excluding hydrogens is 362 g/mol. The molecule has 148 valence electrons. The molecule has 1 aliphatic rings. The number of amides is 1. The zero-order valence-electron chi connectivity index (χ0n) is 16.3. The molecular formula is C24H25N3O2. The summed E-state index contributed by atoms with van der Waals surface area (Å²) >= 11 is 0. The van der Waals surface area contributed by atoms with E-state index in [2.05, 4.69) is 27.8 Å². The van der Waals surface area contributed by atoms with Crippen LogP contribution < -0.4 is 10.6 Å². The Kier molecular flexibility index (Phi) is 6.17. The summed E-state index contributed by atoms with van der Waals surface area (Å²) in [6, 6.07) is 24.2. The molecule has 29 heavy (non-hydrogen) atoms. The number of aromatic nitrogens is 1. The second-order valence-corrected chi connectivity index (χ2v) is 7.23. The second-order valence-electron chi connectivity index (χ2n) is 7.23. The van der Waals surface area contributed by atoms with Crippen molar-refractivity contribution in [2.45, 2.75) is 31.5 Å². The Labute approximate surface area is 171 Å². The van der Waals surface area contributed by atoms with Crippen molar-refractivity contribution in [1.82, 2.24) is 10.3 Å². The zero-order valence-corrected chi connectivity index (χ0v) is 16.3. The molecule has 1 aliphatic heterocycles. The largest absolute Gasteiger partial charge is 0.382 e. The third-order valence-corrected chi connectivity index (χ3v) is 5.11. The molecule has 2 aromatic carbocycles. The minimum atomic E-state index is -0.174. The number of hydrogen-bond acceptors (Lipinski definition) is 4. The lowest BCUT2D eigenvalue weighted by Gasteiger charge is -2.31. The van der Waals surface area contributed by atoms with Crippen molar-refractivity contribution in [3.63, 3.8) is 0 Å². The number of rotatable bonds is 6. The van der Waals surface area contributed by atoms with Crippen LogP contribution in [-0.2, 0) is 11.3 Å². The Morgan fingerprint density at radius 1 is 1.03 bits per heavy atom. The lowest BCUT2D eigenvalue weighted by atomic mass is 9.97. The van der Waals surface area contributed by atoms with Gasteiger partial charge < -0.3 is 15.4 Å². The summed E-state index contributed by atoms with van der Waals surface area (Å²) in [6.07, 6.45) is 3.59. The third-order valence-electron chi connectivity index (χ3n) is 5.11. The van der Waals surface area contributed by atoms with Crippen LogP contribution in [0.4, 0.5) is 5.69 Å². The fraction of sp³-hybridized carbons (Fsp3) is 0.250. The van der Waals surface area contributed by atoms with Crippen molar-refractivity contribution in [3.8, 4) is 0 Å². The number of pyridine rings is 1. The van der Waals surface area contributed by atoms with Gasteiger partial charge in [0.05, 0.1) is 6.10 Å². The average molecular weight is 387 g/mol. The van der Waals surface area contributed by atoms with E-state index >= 15 is 0 Å². The molecule has 3 aromatic rings. The second kappa shape index (κ2) is 9.34. The fourth-order valence-electron chi connectivity index (χ4n) is 3.58. The molecule has 4 rings (SSSR count). The van der Waals surface area contributed by atoms with Crippen molar-refractivity contribution >= 4 is 11.6 Å². The first kappa shape index (κ1) is 19.2. The maximum atomic E-state index is 12.5. The van der Waals surface area contributed by atoms with Crippen LogP contribution in [0.15, 0.2) is 79.0 Å². The molecule has 0 saturated carbocycles. The number of carbonyl (C=O) groups is 1. The SMILES string of the molecule is O=C(NCc1ccccc1)c1cc(NC2CCOC(c3ccccc3)C2)ccn1. The highest BCUT2D eigenvalue weighted by molar-refractivity contribution is 5.93. The van der Waals surface area contributed by atoms with Crippen molar-refractivity contribution in [1.29, 1.82) is 0 Å². The van der Waals surface area contributed by atoms with E-state index in [9.17, 15) is 4.79 Å². The number of nitrogens with one attached hydrogen (secondary N) is 2. The topological polar surface area (TPSA) is 63.2 Å². The molecule has 1 amide bonds. The van der Waals surface area contributed by atoms with Crippen molar-refractivity contribution in [3.05, 3.63) is 95.8 Å². The van der Waals surface area contributed by atoms with Gasteiger partial charge in [0.1, 0.15) is 5.69 Å². The minimum absolute atomic E-state index is 0.0953. The predicted molar refractivity (Wildman–Crippen MR) is 114 cm³/mol. The molecule has 0 spiro atoms. The summed E-state index contributed by atoms with van der Waals surface area (Å²) in [4.78, 5) is 16.7. The molecule has 2 atom stereocenters. The van der Waals surface area contributed by atoms with E-state index < -0.39 is 0 Å². The number of ether oxygens (including phenoxy) is 1. The molecule has 0 aliphatic carbocycles. The highest BCUT2D eigenvalue weighted by atomic mass is 16.5. The van der Waals surface area contributed by atoms with Crippen LogP contribution in [0.25, 0.3) is 0 Å². The predicted octanol–water partition coefficient (Wildman–Crippen LogP) is 4.34. The first-order valence-corrected chi connectivity index (χ1v) is 9.99. The molecule has 1 aromatic heterocycles. The number of carbonyl (C=O) groups excluding carboxylic acids is 1. The monoisotopic (exact) mass is 387 g/mol. The first-order valence-electron chi connectivity index (χ1n) is 9.99. The number of anilines is 1. The fourth-order valence-corrected chi connectivity index (χ4v) is 3.58. The normalized spacial score (nSPS) is 18.8. The van der Waals surface area contributed by atoms with Gasteiger partial charge in [0.25, 0.3) is 5.91 Å². The van der Waals surface area contributed by atoms with Crippen LogP contribution in [0, 0.1) is 0 Å². The Morgan fingerprint density at radius 3 is 2.59 bits per heavy atom. The molecule has 1 fully saturated rings. The smallest absolute Gasteiger partial charge is 0.270 e. The first-order chi connectivity index (χ1) is 14.3. The van der Waals surface area contributed by atoms with Gasteiger partial charge in [-0.05, 0) is 36.1 Å². The van der Waals surface area contributed by atoms with Gasteiger partial charge >= 0.3 is 0 Å². The standard InChI is InChI=1S/C24H25N3O2/c28-24(26-17-18-7-3-1-4-8-18)22-15-20(11-13-25-22)27-21-12-14-29-23(16-21)19-9-5-2-6-10-19/h1-11,13,15,21,23H,12,14,16-17H2,(H,25,27)(H,26,28). The number of hydrogen-bond donors (Lipinski definition) is 2. The molecule has 2 heterocycles. The van der Waals surface area contributed by atoms with Crippen molar-refractivity contribution < 1.29 is 9.53 Å². The molecule has 2 N–H and O–H groups in total. The van der Waals surface area contributed by atoms with Gasteiger partial charge in [-0.3, -0.25) is 9.78 Å². The summed E-state index contributed by atoms with van der Waals surface area (Å²) in [6.45, 7) is 1.20. The van der Waals surface area contributed by atoms with E-state index in [0.29, 0.717) is 18.8 Å². The van der Waals surface area contributed by atoms with Crippen molar-refractivity contribution in [2.75, 3.05) is 11.9 Å². The Bertz CT molecular complexity index is 931. The lowest BCUT2D eigenvalue weighted by Crippen LogP contribution is -2.30. The summed E-state index contributed by atoms with van der Waals surface area (Å²) in [5.74, 6) is -0.174. The van der Waals surface area contributed by atoms with Gasteiger partial charge in [0.2, 0.25) is 0 Å².